The number of amides is 4. The Balaban J connectivity index is 2.99. The Kier molecular flexibility index (Phi) is 71.6. The van der Waals surface area contributed by atoms with E-state index in [9.17, 15) is 47.7 Å². The molecule has 1 fully saturated rings. The molecule has 1 aliphatic heterocycles. The number of hydrogen-bond donors (Lipinski definition) is 6. The molecule has 0 spiro atoms. The number of carbonyl (C=O) groups excluding carboxylic acids is 6. The van der Waals surface area contributed by atoms with Gasteiger partial charge in [0, 0.05) is 51.6 Å². The second-order valence-electron chi connectivity index (χ2n) is 32.1. The molecule has 8 atom stereocenters. The third-order valence-corrected chi connectivity index (χ3v) is 22.5. The standard InChI is InChI=1S/C89H168N4O20P2/c1-9-15-21-27-31-35-37-41-43-49-55-61-81(94)92-77(73-104-69-65-79(59-53-47-25-19-13-5)110-83(96)63-57-51-45-39-33-29-23-17-11-3)75-108-114(100,101)106-71-67-90-87(98)85-86(113-89(7,8)112-85)88(99)91-68-72-107-115(102,103)109-76-78(93-82(95)62-56-50-44-42-38-36-32-28-22-16-10-2)74-105-70-66-80(60-54-48-26-20-14-6)111-84(97)64-58-52-46-40-34-30-24-18-12-4/h39-40,45-46,77-80,85-86H,9-38,41-44,47-76H2,1-8H3,(H,90,98)(H,91,99)(H,92,94)(H,93,95)(H,100,101)(H,102,103)/t77-,78?,79-,80-,85-,86+/m1/s1. The molecule has 0 aromatic rings. The average molecular weight is 1680 g/mol. The van der Waals surface area contributed by atoms with Gasteiger partial charge in [0.25, 0.3) is 11.8 Å². The lowest BCUT2D eigenvalue weighted by Crippen LogP contribution is -2.48. The van der Waals surface area contributed by atoms with Crippen molar-refractivity contribution in [2.45, 2.75) is 444 Å². The van der Waals surface area contributed by atoms with Crippen LogP contribution in [-0.2, 0) is 84.4 Å². The number of phosphoric acid groups is 2. The van der Waals surface area contributed by atoms with E-state index in [4.69, 9.17) is 46.5 Å². The topological polar surface area (TPSA) is 317 Å². The second kappa shape index (κ2) is 75.3. The van der Waals surface area contributed by atoms with Gasteiger partial charge in [0.2, 0.25) is 11.8 Å². The summed E-state index contributed by atoms with van der Waals surface area (Å²) >= 11 is 0. The highest BCUT2D eigenvalue weighted by atomic mass is 31.2. The molecule has 115 heavy (non-hydrogen) atoms. The van der Waals surface area contributed by atoms with Crippen LogP contribution in [0.1, 0.15) is 402 Å². The van der Waals surface area contributed by atoms with Crippen LogP contribution in [0.2, 0.25) is 0 Å². The fraction of sp³-hybridized carbons (Fsp3) is 0.888. The van der Waals surface area contributed by atoms with Crippen LogP contribution < -0.4 is 21.3 Å². The van der Waals surface area contributed by atoms with Gasteiger partial charge >= 0.3 is 27.6 Å². The number of hydrogen-bond acceptors (Lipinski definition) is 18. The highest BCUT2D eigenvalue weighted by Gasteiger charge is 2.49. The molecule has 0 aliphatic carbocycles. The minimum Gasteiger partial charge on any atom is -0.462 e. The van der Waals surface area contributed by atoms with Crippen molar-refractivity contribution >= 4 is 51.2 Å². The molecule has 0 aromatic heterocycles. The van der Waals surface area contributed by atoms with Crippen molar-refractivity contribution < 1.29 is 94.2 Å². The summed E-state index contributed by atoms with van der Waals surface area (Å²) in [5, 5.41) is 10.9. The maximum absolute atomic E-state index is 13.6. The Morgan fingerprint density at radius 3 is 0.965 bits per heavy atom. The van der Waals surface area contributed by atoms with E-state index in [2.05, 4.69) is 87.1 Å². The lowest BCUT2D eigenvalue weighted by molar-refractivity contribution is -0.159. The van der Waals surface area contributed by atoms with Gasteiger partial charge in [-0.3, -0.25) is 46.9 Å². The minimum absolute atomic E-state index is 0.0681. The number of carbonyl (C=O) groups is 6. The van der Waals surface area contributed by atoms with Crippen LogP contribution in [0, 0.1) is 0 Å². The summed E-state index contributed by atoms with van der Waals surface area (Å²) in [6.45, 7) is 13.9. The normalized spacial score (nSPS) is 16.3. The van der Waals surface area contributed by atoms with Gasteiger partial charge < -0.3 is 59.5 Å². The zero-order chi connectivity index (χ0) is 84.4. The molecule has 0 radical (unpaired) electrons. The van der Waals surface area contributed by atoms with Crippen molar-refractivity contribution in [2.24, 2.45) is 0 Å². The van der Waals surface area contributed by atoms with Gasteiger partial charge in [0.05, 0.1) is 64.9 Å². The van der Waals surface area contributed by atoms with Crippen molar-refractivity contribution in [2.75, 3.05) is 65.9 Å². The molecule has 26 heteroatoms. The number of unbranched alkanes of at least 4 members (excludes halogenated alkanes) is 38. The van der Waals surface area contributed by atoms with Crippen molar-refractivity contribution in [1.29, 1.82) is 0 Å². The summed E-state index contributed by atoms with van der Waals surface area (Å²) < 4.78 is 83.9. The van der Waals surface area contributed by atoms with Crippen LogP contribution in [0.3, 0.4) is 0 Å². The fourth-order valence-electron chi connectivity index (χ4n) is 13.6. The van der Waals surface area contributed by atoms with Gasteiger partial charge in [0.15, 0.2) is 18.0 Å². The first-order chi connectivity index (χ1) is 55.6. The Morgan fingerprint density at radius 1 is 0.357 bits per heavy atom. The first-order valence-electron chi connectivity index (χ1n) is 46.2. The fourth-order valence-corrected chi connectivity index (χ4v) is 15.2. The number of rotatable bonds is 84. The largest absolute Gasteiger partial charge is 0.472 e. The van der Waals surface area contributed by atoms with Crippen LogP contribution in [0.25, 0.3) is 0 Å². The summed E-state index contributed by atoms with van der Waals surface area (Å²) in [4.78, 5) is 102. The molecule has 1 heterocycles. The van der Waals surface area contributed by atoms with Crippen molar-refractivity contribution in [3.8, 4) is 0 Å². The van der Waals surface area contributed by atoms with E-state index in [1.54, 1.807) is 0 Å². The molecule has 1 saturated heterocycles. The van der Waals surface area contributed by atoms with Crippen molar-refractivity contribution in [3.63, 3.8) is 0 Å². The zero-order valence-corrected chi connectivity index (χ0v) is 75.5. The smallest absolute Gasteiger partial charge is 0.462 e. The first-order valence-corrected chi connectivity index (χ1v) is 49.2. The second-order valence-corrected chi connectivity index (χ2v) is 35.0. The molecule has 24 nitrogen and oxygen atoms in total. The maximum atomic E-state index is 13.6. The third-order valence-electron chi connectivity index (χ3n) is 20.5. The van der Waals surface area contributed by atoms with Gasteiger partial charge in [-0.05, 0) is 104 Å². The average Bonchev–Trinajstić information content (AvgIpc) is 1.66. The summed E-state index contributed by atoms with van der Waals surface area (Å²) in [5.74, 6) is -4.02. The number of ether oxygens (including phenoxy) is 6. The van der Waals surface area contributed by atoms with Crippen LogP contribution in [-0.4, -0.2) is 154 Å². The highest BCUT2D eigenvalue weighted by Crippen LogP contribution is 2.44. The maximum Gasteiger partial charge on any atom is 0.472 e. The highest BCUT2D eigenvalue weighted by molar-refractivity contribution is 7.47. The summed E-state index contributed by atoms with van der Waals surface area (Å²) in [6.07, 6.45) is 58.6. The summed E-state index contributed by atoms with van der Waals surface area (Å²) in [6, 6.07) is -1.70. The Labute approximate surface area is 697 Å². The van der Waals surface area contributed by atoms with Gasteiger partial charge in [-0.15, -0.1) is 0 Å². The molecule has 4 amide bonds. The van der Waals surface area contributed by atoms with Crippen molar-refractivity contribution in [3.05, 3.63) is 24.3 Å². The molecular formula is C89H168N4O20P2. The molecular weight excluding hydrogens is 1510 g/mol. The van der Waals surface area contributed by atoms with Gasteiger partial charge in [0.1, 0.15) is 12.2 Å². The van der Waals surface area contributed by atoms with Crippen LogP contribution >= 0.6 is 15.6 Å². The van der Waals surface area contributed by atoms with Crippen LogP contribution in [0.4, 0.5) is 0 Å². The lowest BCUT2D eigenvalue weighted by atomic mass is 10.1. The quantitative estimate of drug-likeness (QED) is 0.0143. The van der Waals surface area contributed by atoms with E-state index in [0.717, 1.165) is 128 Å². The number of allylic oxidation sites excluding steroid dienone is 4. The van der Waals surface area contributed by atoms with E-state index in [1.165, 1.54) is 155 Å². The van der Waals surface area contributed by atoms with Crippen molar-refractivity contribution in [1.82, 2.24) is 21.3 Å². The Bertz CT molecular complexity index is 2380. The van der Waals surface area contributed by atoms with E-state index in [-0.39, 0.29) is 88.3 Å². The molecule has 3 unspecified atom stereocenters. The van der Waals surface area contributed by atoms with Gasteiger partial charge in [-0.25, -0.2) is 9.13 Å². The molecule has 0 bridgehead atoms. The molecule has 0 aromatic carbocycles. The van der Waals surface area contributed by atoms with E-state index < -0.39 is 84.0 Å². The number of nitrogens with one attached hydrogen (secondary N) is 4. The predicted octanol–water partition coefficient (Wildman–Crippen LogP) is 21.1. The summed E-state index contributed by atoms with van der Waals surface area (Å²) in [5.41, 5.74) is 0. The predicted molar refractivity (Wildman–Crippen MR) is 460 cm³/mol. The van der Waals surface area contributed by atoms with E-state index in [0.29, 0.717) is 64.2 Å². The van der Waals surface area contributed by atoms with Crippen LogP contribution in [0.5, 0.6) is 0 Å². The Morgan fingerprint density at radius 2 is 0.643 bits per heavy atom. The third kappa shape index (κ3) is 67.7. The van der Waals surface area contributed by atoms with Crippen LogP contribution in [0.15, 0.2) is 24.3 Å². The zero-order valence-electron chi connectivity index (χ0n) is 73.7. The SMILES string of the molecule is CCCCCCC=CCCCC(=O)O[C@H](CCCCCCC)CCOCC(COP(=O)(O)OCCNC(=O)[C@H]1OC(C)(C)O[C@H]1C(=O)NCCOP(=O)(O)OC[C@@H](COCC[C@@H](CCCCCCC)OC(=O)CCCC=CCCCCCC)NC(=O)CCCCCCCCCCCCC)NC(=O)CCCCCCCCCCCCC. The molecule has 6 N–H and O–H groups in total. The molecule has 1 rings (SSSR count). The van der Waals surface area contributed by atoms with E-state index in [1.807, 2.05) is 0 Å². The molecule has 674 valence electrons. The molecule has 1 aliphatic rings. The number of phosphoric ester groups is 2. The monoisotopic (exact) mass is 1680 g/mol. The number of esters is 2. The van der Waals surface area contributed by atoms with Gasteiger partial charge in [-0.2, -0.15) is 0 Å². The first kappa shape index (κ1) is 109. The summed E-state index contributed by atoms with van der Waals surface area (Å²) in [7, 11) is -9.60. The van der Waals surface area contributed by atoms with Gasteiger partial charge in [-0.1, -0.05) is 284 Å². The molecule has 0 saturated carbocycles. The Hall–Kier alpha value is -3.64. The minimum atomic E-state index is -4.80. The van der Waals surface area contributed by atoms with E-state index >= 15 is 0 Å². The lowest BCUT2D eigenvalue weighted by Gasteiger charge is -2.22.